The van der Waals surface area contributed by atoms with E-state index in [1.165, 1.54) is 0 Å². The van der Waals surface area contributed by atoms with Gasteiger partial charge in [-0.2, -0.15) is 0 Å². The lowest BCUT2D eigenvalue weighted by atomic mass is 10.00. The summed E-state index contributed by atoms with van der Waals surface area (Å²) in [5.74, 6) is -0.516. The summed E-state index contributed by atoms with van der Waals surface area (Å²) in [5.41, 5.74) is 0.930. The number of ether oxygens (including phenoxy) is 1. The number of carbonyl (C=O) groups is 3. The molecule has 33 heavy (non-hydrogen) atoms. The van der Waals surface area contributed by atoms with Crippen LogP contribution in [0.1, 0.15) is 83.9 Å². The monoisotopic (exact) mass is 457 g/mol. The number of rotatable bonds is 11. The first-order valence-corrected chi connectivity index (χ1v) is 11.9. The smallest absolute Gasteiger partial charge is 0.408 e. The molecule has 0 saturated heterocycles. The summed E-state index contributed by atoms with van der Waals surface area (Å²) in [6, 6.07) is 5.85. The van der Waals surface area contributed by atoms with Gasteiger partial charge >= 0.3 is 6.09 Å². The second-order valence-electron chi connectivity index (χ2n) is 9.62. The Hall–Kier alpha value is -2.83. The van der Waals surface area contributed by atoms with Crippen LogP contribution in [0.3, 0.4) is 0 Å². The summed E-state index contributed by atoms with van der Waals surface area (Å²) >= 11 is 0. The van der Waals surface area contributed by atoms with Crippen LogP contribution in [0.15, 0.2) is 30.8 Å². The van der Waals surface area contributed by atoms with Crippen LogP contribution in [0.5, 0.6) is 0 Å². The van der Waals surface area contributed by atoms with Crippen LogP contribution in [-0.4, -0.2) is 47.0 Å². The Labute approximate surface area is 197 Å². The van der Waals surface area contributed by atoms with Gasteiger partial charge in [0.15, 0.2) is 0 Å². The van der Waals surface area contributed by atoms with Gasteiger partial charge in [-0.25, -0.2) is 4.79 Å². The van der Waals surface area contributed by atoms with Crippen LogP contribution in [-0.2, 0) is 14.3 Å². The van der Waals surface area contributed by atoms with Gasteiger partial charge in [0.05, 0.1) is 0 Å². The van der Waals surface area contributed by atoms with E-state index in [1.54, 1.807) is 38.7 Å². The maximum absolute atomic E-state index is 13.5. The number of alkyl carbamates (subject to hydrolysis) is 1. The third-order valence-electron chi connectivity index (χ3n) is 5.37. The topological polar surface area (TPSA) is 87.7 Å². The lowest BCUT2D eigenvalue weighted by Gasteiger charge is -2.34. The Morgan fingerprint density at radius 3 is 2.52 bits per heavy atom. The molecule has 1 saturated carbocycles. The molecule has 2 rings (SSSR count). The van der Waals surface area contributed by atoms with Crippen molar-refractivity contribution in [2.24, 2.45) is 0 Å². The minimum absolute atomic E-state index is 0.0424. The van der Waals surface area contributed by atoms with E-state index in [4.69, 9.17) is 4.74 Å². The maximum atomic E-state index is 13.5. The summed E-state index contributed by atoms with van der Waals surface area (Å²) in [4.78, 5) is 40.8. The Morgan fingerprint density at radius 1 is 1.24 bits per heavy atom. The summed E-state index contributed by atoms with van der Waals surface area (Å²) in [5, 5.41) is 5.64. The van der Waals surface area contributed by atoms with E-state index in [1.807, 2.05) is 24.3 Å². The van der Waals surface area contributed by atoms with E-state index in [2.05, 4.69) is 24.1 Å². The molecule has 2 N–H and O–H groups in total. The molecular weight excluding hydrogens is 418 g/mol. The number of hydrogen-bond donors (Lipinski definition) is 2. The van der Waals surface area contributed by atoms with Gasteiger partial charge in [0, 0.05) is 12.6 Å². The molecule has 1 aliphatic rings. The molecule has 7 nitrogen and oxygen atoms in total. The summed E-state index contributed by atoms with van der Waals surface area (Å²) in [6.07, 6.45) is 5.68. The van der Waals surface area contributed by atoms with Crippen molar-refractivity contribution in [3.05, 3.63) is 42.0 Å². The molecule has 0 bridgehead atoms. The van der Waals surface area contributed by atoms with Crippen molar-refractivity contribution in [2.75, 3.05) is 6.54 Å². The minimum Gasteiger partial charge on any atom is -0.444 e. The first kappa shape index (κ1) is 26.4. The van der Waals surface area contributed by atoms with E-state index in [9.17, 15) is 14.4 Å². The lowest BCUT2D eigenvalue weighted by molar-refractivity contribution is -0.142. The highest BCUT2D eigenvalue weighted by atomic mass is 16.6. The van der Waals surface area contributed by atoms with Crippen LogP contribution in [0.2, 0.25) is 0 Å². The molecule has 1 fully saturated rings. The zero-order valence-electron chi connectivity index (χ0n) is 20.6. The number of nitrogens with one attached hydrogen (secondary N) is 2. The van der Waals surface area contributed by atoms with Crippen molar-refractivity contribution < 1.29 is 19.1 Å². The third-order valence-corrected chi connectivity index (χ3v) is 5.37. The molecule has 0 radical (unpaired) electrons. The quantitative estimate of drug-likeness (QED) is 0.476. The fourth-order valence-electron chi connectivity index (χ4n) is 3.62. The predicted octanol–water partition coefficient (Wildman–Crippen LogP) is 4.58. The van der Waals surface area contributed by atoms with Gasteiger partial charge in [-0.15, -0.1) is 0 Å². The highest BCUT2D eigenvalue weighted by molar-refractivity contribution is 5.92. The van der Waals surface area contributed by atoms with Gasteiger partial charge < -0.3 is 20.3 Å². The number of carbonyl (C=O) groups excluding carboxylic acids is 3. The number of hydrogen-bond acceptors (Lipinski definition) is 4. The largest absolute Gasteiger partial charge is 0.444 e. The molecule has 0 aromatic heterocycles. The number of unbranched alkanes of at least 4 members (excludes halogenated alkanes) is 2. The van der Waals surface area contributed by atoms with Crippen molar-refractivity contribution in [1.82, 2.24) is 15.5 Å². The molecule has 1 aliphatic carbocycles. The van der Waals surface area contributed by atoms with Crippen molar-refractivity contribution in [1.29, 1.82) is 0 Å². The molecule has 3 amide bonds. The summed E-state index contributed by atoms with van der Waals surface area (Å²) in [7, 11) is 0. The summed E-state index contributed by atoms with van der Waals surface area (Å²) < 4.78 is 5.30. The van der Waals surface area contributed by atoms with Crippen molar-refractivity contribution >= 4 is 24.0 Å². The van der Waals surface area contributed by atoms with E-state index < -0.39 is 23.8 Å². The van der Waals surface area contributed by atoms with Crippen LogP contribution in [0.4, 0.5) is 4.79 Å². The van der Waals surface area contributed by atoms with Crippen molar-refractivity contribution in [3.8, 4) is 0 Å². The Balaban J connectivity index is 2.30. The first-order valence-electron chi connectivity index (χ1n) is 11.9. The van der Waals surface area contributed by atoms with Gasteiger partial charge in [0.25, 0.3) is 0 Å². The van der Waals surface area contributed by atoms with Gasteiger partial charge in [0.2, 0.25) is 11.8 Å². The van der Waals surface area contributed by atoms with Gasteiger partial charge in [0.1, 0.15) is 17.7 Å². The number of nitrogens with zero attached hydrogens (tertiary/aromatic N) is 1. The van der Waals surface area contributed by atoms with Gasteiger partial charge in [-0.05, 0) is 64.2 Å². The molecule has 2 atom stereocenters. The molecule has 2 unspecified atom stereocenters. The Bertz CT molecular complexity index is 842. The fourth-order valence-corrected chi connectivity index (χ4v) is 3.62. The lowest BCUT2D eigenvalue weighted by Crippen LogP contribution is -2.52. The first-order chi connectivity index (χ1) is 15.6. The minimum atomic E-state index is -0.835. The van der Waals surface area contributed by atoms with Gasteiger partial charge in [-0.1, -0.05) is 50.6 Å². The maximum Gasteiger partial charge on any atom is 0.408 e. The zero-order valence-corrected chi connectivity index (χ0v) is 20.6. The standard InChI is InChI=1S/C26H39N3O4/c1-7-9-10-16-27-23(30)22(20-13-11-12-19(8-2)17-20)29(21-14-15-21)24(31)18(3)28-25(32)33-26(4,5)6/h8,11-13,17-18,21-22H,2,7,9-10,14-16H2,1,3-6H3,(H,27,30)(H,28,32). The molecule has 0 spiro atoms. The molecule has 1 aromatic rings. The average Bonchev–Trinajstić information content (AvgIpc) is 3.58. The van der Waals surface area contributed by atoms with E-state index in [0.29, 0.717) is 6.54 Å². The second kappa shape index (κ2) is 11.9. The summed E-state index contributed by atoms with van der Waals surface area (Å²) in [6.45, 7) is 13.4. The van der Waals surface area contributed by atoms with Gasteiger partial charge in [-0.3, -0.25) is 9.59 Å². The molecule has 0 heterocycles. The molecular formula is C26H39N3O4. The van der Waals surface area contributed by atoms with E-state index in [-0.39, 0.29) is 17.9 Å². The second-order valence-corrected chi connectivity index (χ2v) is 9.62. The van der Waals surface area contributed by atoms with Crippen LogP contribution in [0, 0.1) is 0 Å². The molecule has 7 heteroatoms. The number of benzene rings is 1. The third kappa shape index (κ3) is 8.22. The SMILES string of the molecule is C=Cc1cccc(C(C(=O)NCCCCC)N(C(=O)C(C)NC(=O)OC(C)(C)C)C2CC2)c1. The van der Waals surface area contributed by atoms with Crippen LogP contribution in [0.25, 0.3) is 6.08 Å². The van der Waals surface area contributed by atoms with Crippen LogP contribution < -0.4 is 10.6 Å². The zero-order chi connectivity index (χ0) is 24.6. The highest BCUT2D eigenvalue weighted by Crippen LogP contribution is 2.36. The highest BCUT2D eigenvalue weighted by Gasteiger charge is 2.43. The number of amides is 3. The van der Waals surface area contributed by atoms with Crippen LogP contribution >= 0.6 is 0 Å². The van der Waals surface area contributed by atoms with Crippen molar-refractivity contribution in [2.45, 2.75) is 90.4 Å². The fraction of sp³-hybridized carbons (Fsp3) is 0.577. The Kier molecular flexibility index (Phi) is 9.50. The molecule has 182 valence electrons. The average molecular weight is 458 g/mol. The normalized spacial score (nSPS) is 15.2. The van der Waals surface area contributed by atoms with Crippen molar-refractivity contribution in [3.63, 3.8) is 0 Å². The Morgan fingerprint density at radius 2 is 1.94 bits per heavy atom. The predicted molar refractivity (Wildman–Crippen MR) is 131 cm³/mol. The van der Waals surface area contributed by atoms with E-state index >= 15 is 0 Å². The molecule has 1 aromatic carbocycles. The van der Waals surface area contributed by atoms with E-state index in [0.717, 1.165) is 43.2 Å². The molecule has 0 aliphatic heterocycles.